The zero-order valence-corrected chi connectivity index (χ0v) is 17.2. The summed E-state index contributed by atoms with van der Waals surface area (Å²) in [5.41, 5.74) is 7.23. The van der Waals surface area contributed by atoms with Gasteiger partial charge in [0, 0.05) is 17.7 Å². The van der Waals surface area contributed by atoms with Crippen molar-refractivity contribution >= 4 is 11.0 Å². The molecule has 4 rings (SSSR count). The van der Waals surface area contributed by atoms with Gasteiger partial charge in [0.05, 0.1) is 22.4 Å². The van der Waals surface area contributed by atoms with Gasteiger partial charge in [-0.15, -0.1) is 0 Å². The molecule has 3 aromatic carbocycles. The van der Waals surface area contributed by atoms with Crippen LogP contribution < -0.4 is 0 Å². The third kappa shape index (κ3) is 4.36. The molecule has 3 nitrogen and oxygen atoms in total. The highest BCUT2D eigenvalue weighted by Crippen LogP contribution is 2.31. The van der Waals surface area contributed by atoms with Crippen LogP contribution in [0.4, 0.5) is 0 Å². The van der Waals surface area contributed by atoms with Crippen molar-refractivity contribution in [2.45, 2.75) is 26.8 Å². The lowest BCUT2D eigenvalue weighted by molar-refractivity contribution is 0.280. The van der Waals surface area contributed by atoms with Crippen molar-refractivity contribution in [2.75, 3.05) is 13.1 Å². The molecule has 1 aromatic heterocycles. The highest BCUT2D eigenvalue weighted by Gasteiger charge is 2.13. The quantitative estimate of drug-likeness (QED) is 0.382. The SMILES string of the molecule is CCCN(CC)Cc1ccc(-c2nc3ccccc3nc2-c2ccccc2)cc1. The lowest BCUT2D eigenvalue weighted by atomic mass is 10.0. The minimum absolute atomic E-state index is 0.921. The molecule has 0 aliphatic heterocycles. The molecule has 0 bridgehead atoms. The molecule has 0 fully saturated rings. The van der Waals surface area contributed by atoms with Crippen molar-refractivity contribution in [3.05, 3.63) is 84.4 Å². The van der Waals surface area contributed by atoms with E-state index in [1.165, 1.54) is 12.0 Å². The van der Waals surface area contributed by atoms with E-state index in [1.54, 1.807) is 0 Å². The highest BCUT2D eigenvalue weighted by atomic mass is 15.1. The largest absolute Gasteiger partial charge is 0.299 e. The van der Waals surface area contributed by atoms with Gasteiger partial charge < -0.3 is 0 Å². The van der Waals surface area contributed by atoms with Gasteiger partial charge in [0.25, 0.3) is 0 Å². The first kappa shape index (κ1) is 19.3. The first-order chi connectivity index (χ1) is 14.3. The maximum Gasteiger partial charge on any atom is 0.0973 e. The van der Waals surface area contributed by atoms with Crippen LogP contribution in [-0.2, 0) is 6.54 Å². The van der Waals surface area contributed by atoms with Crippen LogP contribution in [0.15, 0.2) is 78.9 Å². The van der Waals surface area contributed by atoms with Crippen LogP contribution in [0.5, 0.6) is 0 Å². The van der Waals surface area contributed by atoms with E-state index in [2.05, 4.69) is 55.1 Å². The fourth-order valence-electron chi connectivity index (χ4n) is 3.69. The van der Waals surface area contributed by atoms with Gasteiger partial charge >= 0.3 is 0 Å². The number of para-hydroxylation sites is 2. The molecule has 0 spiro atoms. The standard InChI is InChI=1S/C26H27N3/c1-3-18-29(4-2)19-20-14-16-22(17-15-20)26-25(21-10-6-5-7-11-21)27-23-12-8-9-13-24(23)28-26/h5-17H,3-4,18-19H2,1-2H3. The van der Waals surface area contributed by atoms with Crippen LogP contribution in [-0.4, -0.2) is 28.0 Å². The summed E-state index contributed by atoms with van der Waals surface area (Å²) >= 11 is 0. The molecule has 0 saturated carbocycles. The van der Waals surface area contributed by atoms with Crippen LogP contribution in [0.25, 0.3) is 33.5 Å². The van der Waals surface area contributed by atoms with E-state index < -0.39 is 0 Å². The van der Waals surface area contributed by atoms with Crippen molar-refractivity contribution in [1.29, 1.82) is 0 Å². The van der Waals surface area contributed by atoms with E-state index >= 15 is 0 Å². The third-order valence-corrected chi connectivity index (χ3v) is 5.24. The predicted molar refractivity (Wildman–Crippen MR) is 122 cm³/mol. The van der Waals surface area contributed by atoms with Crippen molar-refractivity contribution in [2.24, 2.45) is 0 Å². The molecule has 29 heavy (non-hydrogen) atoms. The summed E-state index contributed by atoms with van der Waals surface area (Å²) in [6, 6.07) is 27.2. The normalized spacial score (nSPS) is 11.3. The molecule has 0 saturated heterocycles. The van der Waals surface area contributed by atoms with Gasteiger partial charge in [-0.25, -0.2) is 9.97 Å². The maximum absolute atomic E-state index is 4.99. The predicted octanol–water partition coefficient (Wildman–Crippen LogP) is 6.20. The molecule has 0 radical (unpaired) electrons. The zero-order valence-electron chi connectivity index (χ0n) is 17.2. The summed E-state index contributed by atoms with van der Waals surface area (Å²) in [6.45, 7) is 7.64. The van der Waals surface area contributed by atoms with Gasteiger partial charge in [0.2, 0.25) is 0 Å². The molecular weight excluding hydrogens is 354 g/mol. The lowest BCUT2D eigenvalue weighted by Gasteiger charge is -2.19. The van der Waals surface area contributed by atoms with Gasteiger partial charge in [-0.05, 0) is 37.2 Å². The fourth-order valence-corrected chi connectivity index (χ4v) is 3.69. The Kier molecular flexibility index (Phi) is 5.97. The van der Waals surface area contributed by atoms with Gasteiger partial charge in [-0.1, -0.05) is 80.6 Å². The molecule has 146 valence electrons. The fraction of sp³-hybridized carbons (Fsp3) is 0.231. The average molecular weight is 382 g/mol. The first-order valence-corrected chi connectivity index (χ1v) is 10.4. The third-order valence-electron chi connectivity index (χ3n) is 5.24. The number of fused-ring (bicyclic) bond motifs is 1. The summed E-state index contributed by atoms with van der Waals surface area (Å²) in [7, 11) is 0. The smallest absolute Gasteiger partial charge is 0.0973 e. The molecule has 0 unspecified atom stereocenters. The van der Waals surface area contributed by atoms with Gasteiger partial charge in [0.1, 0.15) is 0 Å². The molecule has 4 aromatic rings. The molecular formula is C26H27N3. The van der Waals surface area contributed by atoms with Crippen molar-refractivity contribution in [3.63, 3.8) is 0 Å². The summed E-state index contributed by atoms with van der Waals surface area (Å²) in [4.78, 5) is 12.4. The van der Waals surface area contributed by atoms with Crippen molar-refractivity contribution < 1.29 is 0 Å². The van der Waals surface area contributed by atoms with E-state index in [0.29, 0.717) is 0 Å². The van der Waals surface area contributed by atoms with Crippen LogP contribution in [0.2, 0.25) is 0 Å². The number of hydrogen-bond acceptors (Lipinski definition) is 3. The number of rotatable bonds is 7. The second kappa shape index (κ2) is 8.97. The van der Waals surface area contributed by atoms with Crippen molar-refractivity contribution in [3.8, 4) is 22.5 Å². The molecule has 0 atom stereocenters. The van der Waals surface area contributed by atoms with Crippen LogP contribution in [0.1, 0.15) is 25.8 Å². The number of nitrogens with zero attached hydrogens (tertiary/aromatic N) is 3. The molecule has 0 N–H and O–H groups in total. The molecule has 0 amide bonds. The zero-order chi connectivity index (χ0) is 20.1. The Morgan fingerprint density at radius 3 is 1.76 bits per heavy atom. The lowest BCUT2D eigenvalue weighted by Crippen LogP contribution is -2.23. The summed E-state index contributed by atoms with van der Waals surface area (Å²) < 4.78 is 0. The van der Waals surface area contributed by atoms with Crippen LogP contribution >= 0.6 is 0 Å². The van der Waals surface area contributed by atoms with E-state index in [1.807, 2.05) is 42.5 Å². The second-order valence-electron chi connectivity index (χ2n) is 7.34. The van der Waals surface area contributed by atoms with Gasteiger partial charge in [0.15, 0.2) is 0 Å². The van der Waals surface area contributed by atoms with Crippen LogP contribution in [0, 0.1) is 0 Å². The summed E-state index contributed by atoms with van der Waals surface area (Å²) in [6.07, 6.45) is 1.18. The topological polar surface area (TPSA) is 29.0 Å². The van der Waals surface area contributed by atoms with Crippen molar-refractivity contribution in [1.82, 2.24) is 14.9 Å². The minimum atomic E-state index is 0.921. The maximum atomic E-state index is 4.99. The molecule has 0 aliphatic carbocycles. The molecule has 3 heteroatoms. The van der Waals surface area contributed by atoms with E-state index in [9.17, 15) is 0 Å². The summed E-state index contributed by atoms with van der Waals surface area (Å²) in [5, 5.41) is 0. The minimum Gasteiger partial charge on any atom is -0.299 e. The Balaban J connectivity index is 1.74. The molecule has 0 aliphatic rings. The molecule has 1 heterocycles. The van der Waals surface area contributed by atoms with E-state index in [0.717, 1.165) is 53.2 Å². The monoisotopic (exact) mass is 381 g/mol. The number of hydrogen-bond donors (Lipinski definition) is 0. The Labute approximate surface area is 173 Å². The number of benzene rings is 3. The van der Waals surface area contributed by atoms with E-state index in [4.69, 9.17) is 9.97 Å². The highest BCUT2D eigenvalue weighted by molar-refractivity contribution is 5.86. The van der Waals surface area contributed by atoms with Gasteiger partial charge in [-0.3, -0.25) is 4.90 Å². The second-order valence-corrected chi connectivity index (χ2v) is 7.34. The van der Waals surface area contributed by atoms with Crippen LogP contribution in [0.3, 0.4) is 0 Å². The Bertz CT molecular complexity index is 1070. The Morgan fingerprint density at radius 1 is 0.655 bits per heavy atom. The van der Waals surface area contributed by atoms with E-state index in [-0.39, 0.29) is 0 Å². The van der Waals surface area contributed by atoms with Gasteiger partial charge in [-0.2, -0.15) is 0 Å². The number of aromatic nitrogens is 2. The Morgan fingerprint density at radius 2 is 1.21 bits per heavy atom. The Hall–Kier alpha value is -3.04. The summed E-state index contributed by atoms with van der Waals surface area (Å²) in [5.74, 6) is 0. The first-order valence-electron chi connectivity index (χ1n) is 10.4. The average Bonchev–Trinajstić information content (AvgIpc) is 2.79.